The first-order valence-corrected chi connectivity index (χ1v) is 7.20. The van der Waals surface area contributed by atoms with Crippen LogP contribution < -0.4 is 15.2 Å². The second-order valence-electron chi connectivity index (χ2n) is 4.61. The fraction of sp³-hybridized carbons (Fsp3) is 0.250. The predicted octanol–water partition coefficient (Wildman–Crippen LogP) is 4.06. The first-order valence-electron chi connectivity index (χ1n) is 6.41. The van der Waals surface area contributed by atoms with Gasteiger partial charge in [0.05, 0.1) is 7.11 Å². The van der Waals surface area contributed by atoms with E-state index < -0.39 is 0 Å². The molecule has 0 aliphatic heterocycles. The van der Waals surface area contributed by atoms with Crippen molar-refractivity contribution in [3.05, 3.63) is 58.1 Å². The first-order chi connectivity index (χ1) is 9.60. The van der Waals surface area contributed by atoms with E-state index in [2.05, 4.69) is 15.9 Å². The number of halogens is 1. The quantitative estimate of drug-likeness (QED) is 0.896. The molecule has 0 amide bonds. The highest BCUT2D eigenvalue weighted by atomic mass is 79.9. The van der Waals surface area contributed by atoms with Crippen molar-refractivity contribution in [1.29, 1.82) is 0 Å². The first kappa shape index (κ1) is 14.9. The van der Waals surface area contributed by atoms with Gasteiger partial charge in [-0.1, -0.05) is 34.1 Å². The van der Waals surface area contributed by atoms with Gasteiger partial charge in [0, 0.05) is 10.5 Å². The molecule has 0 saturated heterocycles. The molecule has 2 N–H and O–H groups in total. The molecule has 2 aromatic rings. The topological polar surface area (TPSA) is 44.5 Å². The Bertz CT molecular complexity index is 567. The maximum absolute atomic E-state index is 5.87. The molecule has 0 aliphatic rings. The molecule has 0 aliphatic carbocycles. The number of methoxy groups -OCH3 is 1. The highest BCUT2D eigenvalue weighted by Gasteiger charge is 2.06. The summed E-state index contributed by atoms with van der Waals surface area (Å²) < 4.78 is 11.9. The van der Waals surface area contributed by atoms with E-state index in [-0.39, 0.29) is 6.04 Å². The lowest BCUT2D eigenvalue weighted by molar-refractivity contribution is 0.305. The molecule has 4 heteroatoms. The summed E-state index contributed by atoms with van der Waals surface area (Å²) in [6.45, 7) is 2.48. The minimum atomic E-state index is 0.0000122. The monoisotopic (exact) mass is 335 g/mol. The van der Waals surface area contributed by atoms with E-state index in [1.54, 1.807) is 7.11 Å². The lowest BCUT2D eigenvalue weighted by Crippen LogP contribution is -2.05. The summed E-state index contributed by atoms with van der Waals surface area (Å²) in [6, 6.07) is 13.7. The fourth-order valence-corrected chi connectivity index (χ4v) is 2.57. The summed E-state index contributed by atoms with van der Waals surface area (Å²) in [5, 5.41) is 0. The summed E-state index contributed by atoms with van der Waals surface area (Å²) in [5.41, 5.74) is 8.04. The third kappa shape index (κ3) is 3.74. The molecular weight excluding hydrogens is 318 g/mol. The summed E-state index contributed by atoms with van der Waals surface area (Å²) >= 11 is 3.52. The average molecular weight is 336 g/mol. The van der Waals surface area contributed by atoms with Gasteiger partial charge in [-0.2, -0.15) is 0 Å². The van der Waals surface area contributed by atoms with Crippen molar-refractivity contribution >= 4 is 15.9 Å². The number of nitrogens with two attached hydrogens (primary N) is 1. The molecule has 0 heterocycles. The van der Waals surface area contributed by atoms with Gasteiger partial charge in [0.25, 0.3) is 0 Å². The molecule has 106 valence electrons. The van der Waals surface area contributed by atoms with E-state index in [1.807, 2.05) is 49.4 Å². The lowest BCUT2D eigenvalue weighted by atomic mass is 10.1. The molecule has 20 heavy (non-hydrogen) atoms. The van der Waals surface area contributed by atoms with Crippen LogP contribution in [0.25, 0.3) is 0 Å². The van der Waals surface area contributed by atoms with Crippen LogP contribution in [0, 0.1) is 0 Å². The van der Waals surface area contributed by atoms with Crippen molar-refractivity contribution in [1.82, 2.24) is 0 Å². The highest BCUT2D eigenvalue weighted by molar-refractivity contribution is 9.10. The van der Waals surface area contributed by atoms with Gasteiger partial charge in [0.1, 0.15) is 18.1 Å². The number of hydrogen-bond donors (Lipinski definition) is 1. The van der Waals surface area contributed by atoms with Crippen LogP contribution >= 0.6 is 15.9 Å². The van der Waals surface area contributed by atoms with E-state index >= 15 is 0 Å². The minimum Gasteiger partial charge on any atom is -0.497 e. The molecule has 0 unspecified atom stereocenters. The highest BCUT2D eigenvalue weighted by Crippen LogP contribution is 2.27. The van der Waals surface area contributed by atoms with Crippen molar-refractivity contribution in [2.45, 2.75) is 19.6 Å². The number of hydrogen-bond acceptors (Lipinski definition) is 3. The third-order valence-corrected chi connectivity index (χ3v) is 3.71. The zero-order chi connectivity index (χ0) is 14.5. The van der Waals surface area contributed by atoms with Crippen molar-refractivity contribution in [3.63, 3.8) is 0 Å². The Morgan fingerprint density at radius 1 is 1.10 bits per heavy atom. The molecule has 1 atom stereocenters. The van der Waals surface area contributed by atoms with Gasteiger partial charge in [-0.3, -0.25) is 0 Å². The molecule has 0 aromatic heterocycles. The largest absolute Gasteiger partial charge is 0.497 e. The predicted molar refractivity (Wildman–Crippen MR) is 84.1 cm³/mol. The molecule has 3 nitrogen and oxygen atoms in total. The van der Waals surface area contributed by atoms with Crippen LogP contribution in [0.5, 0.6) is 11.5 Å². The van der Waals surface area contributed by atoms with Gasteiger partial charge in [0.2, 0.25) is 0 Å². The van der Waals surface area contributed by atoms with Crippen LogP contribution in [0.15, 0.2) is 46.9 Å². The zero-order valence-corrected chi connectivity index (χ0v) is 13.2. The van der Waals surface area contributed by atoms with Crippen molar-refractivity contribution in [2.24, 2.45) is 5.73 Å². The van der Waals surface area contributed by atoms with Gasteiger partial charge in [-0.05, 0) is 42.3 Å². The Morgan fingerprint density at radius 3 is 2.30 bits per heavy atom. The Hall–Kier alpha value is -1.52. The zero-order valence-electron chi connectivity index (χ0n) is 11.6. The minimum absolute atomic E-state index is 0.0000122. The van der Waals surface area contributed by atoms with Crippen LogP contribution in [0.2, 0.25) is 0 Å². The summed E-state index contributed by atoms with van der Waals surface area (Å²) in [7, 11) is 1.66. The van der Waals surface area contributed by atoms with Crippen LogP contribution in [0.1, 0.15) is 24.1 Å². The van der Waals surface area contributed by atoms with E-state index in [0.717, 1.165) is 27.1 Å². The van der Waals surface area contributed by atoms with Gasteiger partial charge in [-0.15, -0.1) is 0 Å². The molecule has 0 spiro atoms. The van der Waals surface area contributed by atoms with Crippen LogP contribution in [-0.2, 0) is 6.61 Å². The Balaban J connectivity index is 2.01. The molecule has 2 aromatic carbocycles. The van der Waals surface area contributed by atoms with E-state index in [9.17, 15) is 0 Å². The SMILES string of the molecule is COc1ccc(COc2ccc([C@@H](C)N)c(Br)c2)cc1. The summed E-state index contributed by atoms with van der Waals surface area (Å²) in [6.07, 6.45) is 0. The third-order valence-electron chi connectivity index (χ3n) is 3.03. The number of ether oxygens (including phenoxy) is 2. The van der Waals surface area contributed by atoms with Crippen LogP contribution in [0.3, 0.4) is 0 Å². The second kappa shape index (κ2) is 6.77. The van der Waals surface area contributed by atoms with Crippen molar-refractivity contribution in [3.8, 4) is 11.5 Å². The van der Waals surface area contributed by atoms with E-state index in [4.69, 9.17) is 15.2 Å². The van der Waals surface area contributed by atoms with Crippen molar-refractivity contribution in [2.75, 3.05) is 7.11 Å². The Morgan fingerprint density at radius 2 is 1.75 bits per heavy atom. The molecular formula is C16H18BrNO2. The van der Waals surface area contributed by atoms with Gasteiger partial charge >= 0.3 is 0 Å². The Labute approximate surface area is 127 Å². The maximum Gasteiger partial charge on any atom is 0.120 e. The smallest absolute Gasteiger partial charge is 0.120 e. The molecule has 0 radical (unpaired) electrons. The maximum atomic E-state index is 5.87. The van der Waals surface area contributed by atoms with Crippen LogP contribution in [-0.4, -0.2) is 7.11 Å². The van der Waals surface area contributed by atoms with Gasteiger partial charge < -0.3 is 15.2 Å². The van der Waals surface area contributed by atoms with E-state index in [1.165, 1.54) is 0 Å². The molecule has 0 fully saturated rings. The summed E-state index contributed by atoms with van der Waals surface area (Å²) in [4.78, 5) is 0. The average Bonchev–Trinajstić information content (AvgIpc) is 2.45. The van der Waals surface area contributed by atoms with Gasteiger partial charge in [-0.25, -0.2) is 0 Å². The van der Waals surface area contributed by atoms with Crippen molar-refractivity contribution < 1.29 is 9.47 Å². The lowest BCUT2D eigenvalue weighted by Gasteiger charge is -2.11. The van der Waals surface area contributed by atoms with E-state index in [0.29, 0.717) is 6.61 Å². The van der Waals surface area contributed by atoms with Crippen LogP contribution in [0.4, 0.5) is 0 Å². The standard InChI is InChI=1S/C16H18BrNO2/c1-11(18)15-8-7-14(9-16(15)17)20-10-12-3-5-13(19-2)6-4-12/h3-9,11H,10,18H2,1-2H3/t11-/m1/s1. The molecule has 0 bridgehead atoms. The number of rotatable bonds is 5. The second-order valence-corrected chi connectivity index (χ2v) is 5.46. The molecule has 0 saturated carbocycles. The fourth-order valence-electron chi connectivity index (χ4n) is 1.86. The molecule has 2 rings (SSSR count). The Kier molecular flexibility index (Phi) is 5.04. The normalized spacial score (nSPS) is 12.0. The van der Waals surface area contributed by atoms with Gasteiger partial charge in [0.15, 0.2) is 0 Å². The summed E-state index contributed by atoms with van der Waals surface area (Å²) in [5.74, 6) is 1.66. The number of benzene rings is 2.